The Bertz CT molecular complexity index is 1680. The van der Waals surface area contributed by atoms with Crippen LogP contribution in [0.2, 0.25) is 0 Å². The van der Waals surface area contributed by atoms with Crippen LogP contribution in [0.1, 0.15) is 41.4 Å². The van der Waals surface area contributed by atoms with Gasteiger partial charge in [0.05, 0.1) is 27.2 Å². The number of carbonyl (C=O) groups is 4. The summed E-state index contributed by atoms with van der Waals surface area (Å²) in [6.07, 6.45) is 0. The lowest BCUT2D eigenvalue weighted by Crippen LogP contribution is -2.16. The van der Waals surface area contributed by atoms with Crippen molar-refractivity contribution >= 4 is 40.8 Å². The van der Waals surface area contributed by atoms with Crippen molar-refractivity contribution in [2.45, 2.75) is 0 Å². The van der Waals surface area contributed by atoms with Crippen LogP contribution in [-0.2, 0) is 0 Å². The summed E-state index contributed by atoms with van der Waals surface area (Å²) < 4.78 is 5.75. The van der Waals surface area contributed by atoms with E-state index in [9.17, 15) is 44.6 Å². The summed E-state index contributed by atoms with van der Waals surface area (Å²) in [6.45, 7) is 0. The lowest BCUT2D eigenvalue weighted by atomic mass is 10.1. The van der Waals surface area contributed by atoms with E-state index in [1.165, 1.54) is 48.5 Å². The number of non-ortho nitro benzene ring substituents is 1. The quantitative estimate of drug-likeness (QED) is 0.138. The summed E-state index contributed by atoms with van der Waals surface area (Å²) in [5, 5.41) is 44.1. The van der Waals surface area contributed by atoms with Gasteiger partial charge in [0.15, 0.2) is 0 Å². The van der Waals surface area contributed by atoms with E-state index in [1.54, 1.807) is 12.1 Å². The molecule has 4 rings (SSSR count). The minimum absolute atomic E-state index is 0.129. The van der Waals surface area contributed by atoms with Gasteiger partial charge in [0.25, 0.3) is 17.5 Å². The van der Waals surface area contributed by atoms with Crippen molar-refractivity contribution in [3.05, 3.63) is 117 Å². The molecule has 4 aromatic carbocycles. The molecule has 13 heteroatoms. The Kier molecular flexibility index (Phi) is 7.90. The van der Waals surface area contributed by atoms with Crippen LogP contribution in [-0.4, -0.2) is 44.0 Å². The number of nitro groups is 1. The van der Waals surface area contributed by atoms with E-state index in [2.05, 4.69) is 10.6 Å². The van der Waals surface area contributed by atoms with Crippen molar-refractivity contribution in [2.75, 3.05) is 10.6 Å². The highest BCUT2D eigenvalue weighted by Gasteiger charge is 2.21. The largest absolute Gasteiger partial charge is 0.508 e. The van der Waals surface area contributed by atoms with Gasteiger partial charge in [0, 0.05) is 23.5 Å². The van der Waals surface area contributed by atoms with E-state index in [-0.39, 0.29) is 22.4 Å². The highest BCUT2D eigenvalue weighted by atomic mass is 16.6. The van der Waals surface area contributed by atoms with Gasteiger partial charge in [-0.3, -0.25) is 19.7 Å². The first kappa shape index (κ1) is 27.8. The molecule has 0 atom stereocenters. The van der Waals surface area contributed by atoms with Crippen LogP contribution in [0.15, 0.2) is 84.9 Å². The van der Waals surface area contributed by atoms with Crippen LogP contribution in [0.25, 0.3) is 0 Å². The number of amides is 2. The number of carbonyl (C=O) groups excluding carboxylic acids is 2. The van der Waals surface area contributed by atoms with Crippen LogP contribution in [0.3, 0.4) is 0 Å². The second-order valence-corrected chi connectivity index (χ2v) is 8.39. The first-order valence-electron chi connectivity index (χ1n) is 11.6. The molecule has 4 aromatic rings. The standard InChI is InChI=1S/C28H19N3O10/c32-18-6-12-22(24(14-18)28(37)38)26(34)30-16-3-9-20(10-4-16)41-19-7-1-15(2-8-19)29-25(33)21-11-5-17(31(39)40)13-23(21)27(35)36/h1-14,32H,(H,29,33)(H,30,34)(H,35,36)(H,37,38). The van der Waals surface area contributed by atoms with Crippen LogP contribution >= 0.6 is 0 Å². The third-order valence-corrected chi connectivity index (χ3v) is 5.63. The molecule has 0 unspecified atom stereocenters. The van der Waals surface area contributed by atoms with Crippen molar-refractivity contribution < 1.29 is 44.2 Å². The number of phenols is 1. The molecule has 0 aliphatic carbocycles. The van der Waals surface area contributed by atoms with Crippen molar-refractivity contribution in [3.63, 3.8) is 0 Å². The number of ether oxygens (including phenoxy) is 1. The fraction of sp³-hybridized carbons (Fsp3) is 0. The number of aromatic carboxylic acids is 2. The average molecular weight is 557 g/mol. The summed E-state index contributed by atoms with van der Waals surface area (Å²) >= 11 is 0. The van der Waals surface area contributed by atoms with Crippen molar-refractivity contribution in [2.24, 2.45) is 0 Å². The SMILES string of the molecule is O=C(O)c1cc(O)ccc1C(=O)Nc1ccc(Oc2ccc(NC(=O)c3ccc([N+](=O)[O-])cc3C(=O)O)cc2)cc1. The maximum absolute atomic E-state index is 12.6. The second kappa shape index (κ2) is 11.7. The summed E-state index contributed by atoms with van der Waals surface area (Å²) in [7, 11) is 0. The predicted molar refractivity (Wildman–Crippen MR) is 144 cm³/mol. The predicted octanol–water partition coefficient (Wildman–Crippen LogP) is 4.99. The highest BCUT2D eigenvalue weighted by Crippen LogP contribution is 2.26. The molecular weight excluding hydrogens is 538 g/mol. The monoisotopic (exact) mass is 557 g/mol. The molecule has 0 saturated heterocycles. The number of carboxylic acids is 2. The maximum atomic E-state index is 12.6. The Morgan fingerprint density at radius 1 is 0.634 bits per heavy atom. The van der Waals surface area contributed by atoms with E-state index >= 15 is 0 Å². The molecule has 206 valence electrons. The molecule has 0 heterocycles. The molecule has 41 heavy (non-hydrogen) atoms. The Morgan fingerprint density at radius 3 is 1.51 bits per heavy atom. The smallest absolute Gasteiger partial charge is 0.336 e. The summed E-state index contributed by atoms with van der Waals surface area (Å²) in [6, 6.07) is 18.6. The summed E-state index contributed by atoms with van der Waals surface area (Å²) in [5.41, 5.74) is -1.03. The number of nitrogens with one attached hydrogen (secondary N) is 2. The zero-order chi connectivity index (χ0) is 29.7. The summed E-state index contributed by atoms with van der Waals surface area (Å²) in [5.74, 6) is -3.81. The number of hydrogen-bond donors (Lipinski definition) is 5. The molecule has 13 nitrogen and oxygen atoms in total. The molecule has 0 spiro atoms. The van der Waals surface area contributed by atoms with E-state index in [4.69, 9.17) is 4.74 Å². The first-order valence-corrected chi connectivity index (χ1v) is 11.6. The number of carboxylic acid groups (broad SMARTS) is 2. The van der Waals surface area contributed by atoms with Gasteiger partial charge >= 0.3 is 11.9 Å². The molecule has 0 fully saturated rings. The molecule has 2 amide bonds. The van der Waals surface area contributed by atoms with Gasteiger partial charge < -0.3 is 30.7 Å². The molecule has 0 radical (unpaired) electrons. The molecule has 0 aromatic heterocycles. The number of phenolic OH excluding ortho intramolecular Hbond substituents is 1. The van der Waals surface area contributed by atoms with Crippen molar-refractivity contribution in [3.8, 4) is 17.2 Å². The second-order valence-electron chi connectivity index (χ2n) is 8.39. The Labute approximate surface area is 230 Å². The fourth-order valence-electron chi connectivity index (χ4n) is 3.67. The lowest BCUT2D eigenvalue weighted by molar-refractivity contribution is -0.384. The van der Waals surface area contributed by atoms with Gasteiger partial charge in [0.1, 0.15) is 17.2 Å². The van der Waals surface area contributed by atoms with Crippen LogP contribution < -0.4 is 15.4 Å². The third-order valence-electron chi connectivity index (χ3n) is 5.63. The van der Waals surface area contributed by atoms with Gasteiger partial charge in [-0.05, 0) is 72.8 Å². The first-order chi connectivity index (χ1) is 19.5. The van der Waals surface area contributed by atoms with Gasteiger partial charge in [-0.1, -0.05) is 0 Å². The third kappa shape index (κ3) is 6.61. The molecule has 0 aliphatic heterocycles. The van der Waals surface area contributed by atoms with E-state index in [0.29, 0.717) is 22.9 Å². The Morgan fingerprint density at radius 2 is 1.07 bits per heavy atom. The molecule has 0 aliphatic rings. The minimum Gasteiger partial charge on any atom is -0.508 e. The van der Waals surface area contributed by atoms with Crippen LogP contribution in [0.4, 0.5) is 17.1 Å². The van der Waals surface area contributed by atoms with Gasteiger partial charge in [-0.15, -0.1) is 0 Å². The number of anilines is 2. The zero-order valence-corrected chi connectivity index (χ0v) is 20.7. The van der Waals surface area contributed by atoms with E-state index in [1.807, 2.05) is 0 Å². The molecule has 0 saturated carbocycles. The average Bonchev–Trinajstić information content (AvgIpc) is 2.94. The van der Waals surface area contributed by atoms with Gasteiger partial charge in [-0.25, -0.2) is 9.59 Å². The lowest BCUT2D eigenvalue weighted by Gasteiger charge is -2.11. The normalized spacial score (nSPS) is 10.3. The molecular formula is C28H19N3O10. The number of nitrogens with zero attached hydrogens (tertiary/aromatic N) is 1. The maximum Gasteiger partial charge on any atom is 0.336 e. The van der Waals surface area contributed by atoms with Gasteiger partial charge in [-0.2, -0.15) is 0 Å². The van der Waals surface area contributed by atoms with Crippen LogP contribution in [0, 0.1) is 10.1 Å². The van der Waals surface area contributed by atoms with Crippen LogP contribution in [0.5, 0.6) is 17.2 Å². The van der Waals surface area contributed by atoms with E-state index < -0.39 is 39.9 Å². The minimum atomic E-state index is -1.49. The Hall–Kier alpha value is -6.24. The molecule has 0 bridgehead atoms. The van der Waals surface area contributed by atoms with Gasteiger partial charge in [0.2, 0.25) is 0 Å². The molecule has 5 N–H and O–H groups in total. The zero-order valence-electron chi connectivity index (χ0n) is 20.7. The number of rotatable bonds is 9. The number of hydrogen-bond acceptors (Lipinski definition) is 8. The summed E-state index contributed by atoms with van der Waals surface area (Å²) in [4.78, 5) is 58.2. The Balaban J connectivity index is 1.39. The topological polar surface area (TPSA) is 205 Å². The van der Waals surface area contributed by atoms with Crippen molar-refractivity contribution in [1.82, 2.24) is 0 Å². The number of aromatic hydroxyl groups is 1. The number of benzene rings is 4. The van der Waals surface area contributed by atoms with E-state index in [0.717, 1.165) is 24.3 Å². The van der Waals surface area contributed by atoms with Crippen molar-refractivity contribution in [1.29, 1.82) is 0 Å². The fourth-order valence-corrected chi connectivity index (χ4v) is 3.67. The number of nitro benzene ring substituents is 1. The highest BCUT2D eigenvalue weighted by molar-refractivity contribution is 6.11.